The highest BCUT2D eigenvalue weighted by molar-refractivity contribution is 5.66. The Balaban J connectivity index is 1.94. The number of phenols is 1. The van der Waals surface area contributed by atoms with Gasteiger partial charge in [0.05, 0.1) is 23.6 Å². The van der Waals surface area contributed by atoms with Crippen LogP contribution in [0.1, 0.15) is 17.4 Å². The molecule has 0 radical (unpaired) electrons. The van der Waals surface area contributed by atoms with Gasteiger partial charge in [0, 0.05) is 12.1 Å². The summed E-state index contributed by atoms with van der Waals surface area (Å²) in [6.45, 7) is 0. The average molecular weight is 341 g/mol. The van der Waals surface area contributed by atoms with E-state index < -0.39 is 11.0 Å². The SMILES string of the molecule is COc1cccc([C@H](N)c2nc(-c3cc([N+](=O)[O-])ccc3O)n[nH]2)c1. The van der Waals surface area contributed by atoms with Gasteiger partial charge in [0.2, 0.25) is 0 Å². The maximum absolute atomic E-state index is 10.9. The van der Waals surface area contributed by atoms with Crippen LogP contribution < -0.4 is 10.5 Å². The normalized spacial score (nSPS) is 11.9. The number of nitro benzene ring substituents is 1. The molecule has 0 aliphatic heterocycles. The van der Waals surface area contributed by atoms with Crippen molar-refractivity contribution in [3.05, 3.63) is 64.0 Å². The summed E-state index contributed by atoms with van der Waals surface area (Å²) in [7, 11) is 1.56. The minimum Gasteiger partial charge on any atom is -0.507 e. The summed E-state index contributed by atoms with van der Waals surface area (Å²) in [5, 5.41) is 27.6. The number of hydrogen-bond acceptors (Lipinski definition) is 7. The fourth-order valence-electron chi connectivity index (χ4n) is 2.34. The molecule has 9 nitrogen and oxygen atoms in total. The lowest BCUT2D eigenvalue weighted by Gasteiger charge is -2.09. The molecular weight excluding hydrogens is 326 g/mol. The number of phenolic OH excluding ortho intramolecular Hbond substituents is 1. The number of methoxy groups -OCH3 is 1. The van der Waals surface area contributed by atoms with Gasteiger partial charge in [0.1, 0.15) is 17.3 Å². The molecule has 0 bridgehead atoms. The Morgan fingerprint density at radius 3 is 2.84 bits per heavy atom. The van der Waals surface area contributed by atoms with Crippen molar-refractivity contribution in [2.24, 2.45) is 5.73 Å². The molecular formula is C16H15N5O4. The molecule has 0 aliphatic rings. The van der Waals surface area contributed by atoms with Crippen LogP contribution in [0.15, 0.2) is 42.5 Å². The van der Waals surface area contributed by atoms with Crippen LogP contribution in [-0.2, 0) is 0 Å². The predicted octanol–water partition coefficient (Wildman–Crippen LogP) is 2.14. The summed E-state index contributed by atoms with van der Waals surface area (Å²) in [5.74, 6) is 0.971. The number of H-pyrrole nitrogens is 1. The summed E-state index contributed by atoms with van der Waals surface area (Å²) in [5.41, 5.74) is 6.92. The number of nitrogens with two attached hydrogens (primary N) is 1. The first-order valence-corrected chi connectivity index (χ1v) is 7.29. The Kier molecular flexibility index (Phi) is 4.31. The zero-order chi connectivity index (χ0) is 18.0. The van der Waals surface area contributed by atoms with Gasteiger partial charge in [-0.3, -0.25) is 15.2 Å². The van der Waals surface area contributed by atoms with Crippen LogP contribution in [0.2, 0.25) is 0 Å². The van der Waals surface area contributed by atoms with Gasteiger partial charge in [0.15, 0.2) is 5.82 Å². The van der Waals surface area contributed by atoms with E-state index in [1.54, 1.807) is 25.3 Å². The molecule has 0 aliphatic carbocycles. The first kappa shape index (κ1) is 16.4. The molecule has 0 saturated heterocycles. The molecule has 0 unspecified atom stereocenters. The van der Waals surface area contributed by atoms with Crippen molar-refractivity contribution in [1.29, 1.82) is 0 Å². The van der Waals surface area contributed by atoms with Crippen LogP contribution in [0, 0.1) is 10.1 Å². The monoisotopic (exact) mass is 341 g/mol. The zero-order valence-electron chi connectivity index (χ0n) is 13.2. The highest BCUT2D eigenvalue weighted by Gasteiger charge is 2.19. The maximum atomic E-state index is 10.9. The first-order valence-electron chi connectivity index (χ1n) is 7.29. The van der Waals surface area contributed by atoms with Crippen molar-refractivity contribution < 1.29 is 14.8 Å². The van der Waals surface area contributed by atoms with E-state index in [1.165, 1.54) is 18.2 Å². The van der Waals surface area contributed by atoms with Crippen LogP contribution in [0.5, 0.6) is 11.5 Å². The van der Waals surface area contributed by atoms with Gasteiger partial charge in [-0.05, 0) is 23.8 Å². The standard InChI is InChI=1S/C16H15N5O4/c1-25-11-4-2-3-9(7-11)14(17)16-18-15(19-20-16)12-8-10(21(23)24)5-6-13(12)22/h2-8,14,22H,17H2,1H3,(H,18,19,20)/t14-/m0/s1. The molecule has 2 aromatic carbocycles. The van der Waals surface area contributed by atoms with Gasteiger partial charge in [-0.2, -0.15) is 5.10 Å². The minimum absolute atomic E-state index is 0.120. The number of nitrogens with one attached hydrogen (secondary N) is 1. The Hall–Kier alpha value is -3.46. The summed E-state index contributed by atoms with van der Waals surface area (Å²) in [6.07, 6.45) is 0. The third-order valence-electron chi connectivity index (χ3n) is 3.68. The van der Waals surface area contributed by atoms with Crippen LogP contribution in [0.3, 0.4) is 0 Å². The highest BCUT2D eigenvalue weighted by Crippen LogP contribution is 2.31. The van der Waals surface area contributed by atoms with Gasteiger partial charge >= 0.3 is 0 Å². The van der Waals surface area contributed by atoms with Gasteiger partial charge in [-0.1, -0.05) is 12.1 Å². The van der Waals surface area contributed by atoms with Crippen molar-refractivity contribution in [3.63, 3.8) is 0 Å². The molecule has 3 rings (SSSR count). The number of hydrogen-bond donors (Lipinski definition) is 3. The molecule has 0 amide bonds. The Morgan fingerprint density at radius 1 is 1.32 bits per heavy atom. The van der Waals surface area contributed by atoms with Gasteiger partial charge in [0.25, 0.3) is 5.69 Å². The Bertz CT molecular complexity index is 924. The van der Waals surface area contributed by atoms with E-state index in [2.05, 4.69) is 15.2 Å². The minimum atomic E-state index is -0.600. The summed E-state index contributed by atoms with van der Waals surface area (Å²) >= 11 is 0. The Morgan fingerprint density at radius 2 is 2.12 bits per heavy atom. The molecule has 4 N–H and O–H groups in total. The van der Waals surface area contributed by atoms with Crippen LogP contribution in [0.4, 0.5) is 5.69 Å². The van der Waals surface area contributed by atoms with Crippen molar-refractivity contribution in [2.45, 2.75) is 6.04 Å². The number of rotatable bonds is 5. The second kappa shape index (κ2) is 6.57. The molecule has 1 atom stereocenters. The maximum Gasteiger partial charge on any atom is 0.270 e. The van der Waals surface area contributed by atoms with Crippen LogP contribution in [-0.4, -0.2) is 32.3 Å². The second-order valence-corrected chi connectivity index (χ2v) is 5.26. The molecule has 3 aromatic rings. The van der Waals surface area contributed by atoms with E-state index in [0.29, 0.717) is 11.6 Å². The predicted molar refractivity (Wildman–Crippen MR) is 89.2 cm³/mol. The molecule has 9 heteroatoms. The molecule has 0 spiro atoms. The summed E-state index contributed by atoms with van der Waals surface area (Å²) in [6, 6.07) is 10.2. The first-order chi connectivity index (χ1) is 12.0. The number of nitro groups is 1. The smallest absolute Gasteiger partial charge is 0.270 e. The van der Waals surface area contributed by atoms with E-state index in [4.69, 9.17) is 10.5 Å². The largest absolute Gasteiger partial charge is 0.507 e. The average Bonchev–Trinajstić information content (AvgIpc) is 3.11. The van der Waals surface area contributed by atoms with Crippen LogP contribution in [0.25, 0.3) is 11.4 Å². The zero-order valence-corrected chi connectivity index (χ0v) is 13.2. The number of aromatic amines is 1. The summed E-state index contributed by atoms with van der Waals surface area (Å²) in [4.78, 5) is 14.6. The molecule has 1 aromatic heterocycles. The Labute approximate surface area is 142 Å². The van der Waals surface area contributed by atoms with E-state index >= 15 is 0 Å². The van der Waals surface area contributed by atoms with Crippen molar-refractivity contribution in [2.75, 3.05) is 7.11 Å². The molecule has 0 fully saturated rings. The van der Waals surface area contributed by atoms with Gasteiger partial charge in [-0.25, -0.2) is 4.98 Å². The van der Waals surface area contributed by atoms with Gasteiger partial charge < -0.3 is 15.6 Å². The fourth-order valence-corrected chi connectivity index (χ4v) is 2.34. The second-order valence-electron chi connectivity index (χ2n) is 5.26. The van der Waals surface area contributed by atoms with Crippen molar-refractivity contribution in [1.82, 2.24) is 15.2 Å². The van der Waals surface area contributed by atoms with E-state index in [-0.39, 0.29) is 22.8 Å². The number of nitrogens with zero attached hydrogens (tertiary/aromatic N) is 3. The number of benzene rings is 2. The van der Waals surface area contributed by atoms with Gasteiger partial charge in [-0.15, -0.1) is 0 Å². The van der Waals surface area contributed by atoms with E-state index in [9.17, 15) is 15.2 Å². The molecule has 25 heavy (non-hydrogen) atoms. The lowest BCUT2D eigenvalue weighted by atomic mass is 10.1. The fraction of sp³-hybridized carbons (Fsp3) is 0.125. The molecule has 1 heterocycles. The molecule has 128 valence electrons. The van der Waals surface area contributed by atoms with E-state index in [1.807, 2.05) is 6.07 Å². The molecule has 0 saturated carbocycles. The highest BCUT2D eigenvalue weighted by atomic mass is 16.6. The third kappa shape index (κ3) is 3.26. The van der Waals surface area contributed by atoms with E-state index in [0.717, 1.165) is 5.56 Å². The number of aromatic nitrogens is 3. The van der Waals surface area contributed by atoms with Crippen molar-refractivity contribution >= 4 is 5.69 Å². The number of aromatic hydroxyl groups is 1. The number of ether oxygens (including phenoxy) is 1. The van der Waals surface area contributed by atoms with Crippen LogP contribution >= 0.6 is 0 Å². The third-order valence-corrected chi connectivity index (χ3v) is 3.68. The lowest BCUT2D eigenvalue weighted by molar-refractivity contribution is -0.384. The lowest BCUT2D eigenvalue weighted by Crippen LogP contribution is -2.13. The van der Waals surface area contributed by atoms with Crippen molar-refractivity contribution in [3.8, 4) is 22.9 Å². The topological polar surface area (TPSA) is 140 Å². The number of non-ortho nitro benzene ring substituents is 1. The summed E-state index contributed by atoms with van der Waals surface area (Å²) < 4.78 is 5.17. The quantitative estimate of drug-likeness (QED) is 0.477.